The van der Waals surface area contributed by atoms with Crippen LogP contribution in [0.15, 0.2) is 42.5 Å². The number of para-hydroxylation sites is 1. The molecule has 4 N–H and O–H groups in total. The predicted molar refractivity (Wildman–Crippen MR) is 123 cm³/mol. The van der Waals surface area contributed by atoms with E-state index in [0.717, 1.165) is 5.56 Å². The van der Waals surface area contributed by atoms with E-state index >= 15 is 0 Å². The fraction of sp³-hybridized carbons (Fsp3) is 0.348. The first-order chi connectivity index (χ1) is 15.2. The maximum Gasteiger partial charge on any atom is 0.323 e. The fourth-order valence-corrected chi connectivity index (χ4v) is 2.98. The third-order valence-corrected chi connectivity index (χ3v) is 4.98. The Labute approximate surface area is 187 Å². The molecule has 0 heterocycles. The highest BCUT2D eigenvalue weighted by molar-refractivity contribution is 6.01. The van der Waals surface area contributed by atoms with Crippen molar-refractivity contribution in [2.45, 2.75) is 32.9 Å². The number of carboxylic acids is 1. The van der Waals surface area contributed by atoms with Gasteiger partial charge in [-0.15, -0.1) is 0 Å². The Bertz CT molecular complexity index is 963. The van der Waals surface area contributed by atoms with Gasteiger partial charge >= 0.3 is 12.0 Å². The van der Waals surface area contributed by atoms with Gasteiger partial charge in [0.2, 0.25) is 5.91 Å². The number of nitrogens with one attached hydrogen (secondary N) is 3. The van der Waals surface area contributed by atoms with Crippen LogP contribution in [0.1, 0.15) is 24.5 Å². The Morgan fingerprint density at radius 1 is 1.09 bits per heavy atom. The van der Waals surface area contributed by atoms with Crippen LogP contribution in [0.2, 0.25) is 0 Å². The molecule has 32 heavy (non-hydrogen) atoms. The van der Waals surface area contributed by atoms with E-state index in [1.165, 1.54) is 7.11 Å². The highest BCUT2D eigenvalue weighted by Gasteiger charge is 2.15. The second-order valence-electron chi connectivity index (χ2n) is 7.47. The number of methoxy groups -OCH3 is 1. The number of amides is 3. The summed E-state index contributed by atoms with van der Waals surface area (Å²) in [6, 6.07) is 12.2. The third-order valence-electron chi connectivity index (χ3n) is 4.98. The van der Waals surface area contributed by atoms with Crippen LogP contribution >= 0.6 is 0 Å². The van der Waals surface area contributed by atoms with Crippen LogP contribution < -0.4 is 20.7 Å². The summed E-state index contributed by atoms with van der Waals surface area (Å²) in [6.45, 7) is 4.02. The molecule has 0 spiro atoms. The number of carboxylic acid groups (broad SMARTS) is 1. The SMILES string of the molecule is COc1cc(CC(=O)NC(C)N(C)CCC(=O)O)ccc1NC(=O)Nc1ccccc1C. The van der Waals surface area contributed by atoms with Crippen molar-refractivity contribution >= 4 is 29.3 Å². The third kappa shape index (κ3) is 7.59. The molecule has 2 rings (SSSR count). The number of aliphatic carboxylic acids is 1. The van der Waals surface area contributed by atoms with Crippen LogP contribution in [0.3, 0.4) is 0 Å². The largest absolute Gasteiger partial charge is 0.495 e. The zero-order valence-corrected chi connectivity index (χ0v) is 18.8. The molecular formula is C23H30N4O5. The number of aryl methyl sites for hydroxylation is 1. The van der Waals surface area contributed by atoms with E-state index in [1.807, 2.05) is 31.2 Å². The first-order valence-corrected chi connectivity index (χ1v) is 10.2. The van der Waals surface area contributed by atoms with Crippen LogP contribution in [0, 0.1) is 6.92 Å². The number of hydrogen-bond acceptors (Lipinski definition) is 5. The van der Waals surface area contributed by atoms with Crippen molar-refractivity contribution in [3.8, 4) is 5.75 Å². The molecule has 0 bridgehead atoms. The maximum atomic E-state index is 12.4. The smallest absolute Gasteiger partial charge is 0.323 e. The number of urea groups is 1. The van der Waals surface area contributed by atoms with E-state index in [9.17, 15) is 14.4 Å². The molecule has 1 unspecified atom stereocenters. The second kappa shape index (κ2) is 11.7. The zero-order chi connectivity index (χ0) is 23.7. The molecule has 3 amide bonds. The highest BCUT2D eigenvalue weighted by Crippen LogP contribution is 2.26. The Morgan fingerprint density at radius 2 is 1.78 bits per heavy atom. The first-order valence-electron chi connectivity index (χ1n) is 10.2. The summed E-state index contributed by atoms with van der Waals surface area (Å²) in [5.41, 5.74) is 2.84. The Balaban J connectivity index is 1.96. The van der Waals surface area contributed by atoms with E-state index < -0.39 is 12.0 Å². The normalized spacial score (nSPS) is 11.5. The molecule has 0 saturated heterocycles. The summed E-state index contributed by atoms with van der Waals surface area (Å²) in [4.78, 5) is 37.2. The van der Waals surface area contributed by atoms with Crippen molar-refractivity contribution in [1.29, 1.82) is 0 Å². The standard InChI is InChI=1S/C23H30N4O5/c1-15-7-5-6-8-18(15)25-23(31)26-19-10-9-17(13-20(19)32-4)14-21(28)24-16(2)27(3)12-11-22(29)30/h5-10,13,16H,11-12,14H2,1-4H3,(H,24,28)(H,29,30)(H2,25,26,31). The van der Waals surface area contributed by atoms with Gasteiger partial charge in [0.05, 0.1) is 31.8 Å². The first kappa shape index (κ1) is 24.7. The molecule has 0 fully saturated rings. The molecule has 2 aromatic carbocycles. The number of benzene rings is 2. The van der Waals surface area contributed by atoms with Gasteiger partial charge in [0.1, 0.15) is 5.75 Å². The van der Waals surface area contributed by atoms with Crippen LogP contribution in [0.4, 0.5) is 16.2 Å². The minimum atomic E-state index is -0.885. The summed E-state index contributed by atoms with van der Waals surface area (Å²) in [6.07, 6.45) is -0.196. The van der Waals surface area contributed by atoms with Crippen molar-refractivity contribution in [2.75, 3.05) is 31.3 Å². The number of nitrogens with zero attached hydrogens (tertiary/aromatic N) is 1. The average molecular weight is 443 g/mol. The summed E-state index contributed by atoms with van der Waals surface area (Å²) in [5, 5.41) is 17.2. The van der Waals surface area contributed by atoms with Crippen LogP contribution in [-0.4, -0.2) is 54.8 Å². The van der Waals surface area contributed by atoms with Crippen LogP contribution in [0.5, 0.6) is 5.75 Å². The molecule has 2 aromatic rings. The number of hydrogen-bond donors (Lipinski definition) is 4. The van der Waals surface area contributed by atoms with Gasteiger partial charge in [0.15, 0.2) is 0 Å². The lowest BCUT2D eigenvalue weighted by Crippen LogP contribution is -2.45. The topological polar surface area (TPSA) is 120 Å². The van der Waals surface area contributed by atoms with Crippen LogP contribution in [0.25, 0.3) is 0 Å². The van der Waals surface area contributed by atoms with E-state index in [-0.39, 0.29) is 24.9 Å². The lowest BCUT2D eigenvalue weighted by Gasteiger charge is -2.25. The molecule has 9 heteroatoms. The van der Waals surface area contributed by atoms with E-state index in [0.29, 0.717) is 29.2 Å². The minimum absolute atomic E-state index is 0.000209. The molecule has 0 aliphatic carbocycles. The van der Waals surface area contributed by atoms with E-state index in [1.54, 1.807) is 37.1 Å². The Morgan fingerprint density at radius 3 is 2.44 bits per heavy atom. The van der Waals surface area contributed by atoms with Gasteiger partial charge in [0, 0.05) is 12.2 Å². The lowest BCUT2D eigenvalue weighted by atomic mass is 10.1. The summed E-state index contributed by atoms with van der Waals surface area (Å²) < 4.78 is 5.38. The zero-order valence-electron chi connectivity index (χ0n) is 18.8. The predicted octanol–water partition coefficient (Wildman–Crippen LogP) is 3.06. The molecule has 0 aliphatic rings. The van der Waals surface area contributed by atoms with Gasteiger partial charge in [-0.25, -0.2) is 4.79 Å². The molecule has 172 valence electrons. The van der Waals surface area contributed by atoms with Gasteiger partial charge < -0.3 is 25.8 Å². The van der Waals surface area contributed by atoms with E-state index in [2.05, 4.69) is 16.0 Å². The lowest BCUT2D eigenvalue weighted by molar-refractivity contribution is -0.137. The number of anilines is 2. The maximum absolute atomic E-state index is 12.4. The molecule has 0 saturated carbocycles. The van der Waals surface area contributed by atoms with Crippen molar-refractivity contribution in [1.82, 2.24) is 10.2 Å². The van der Waals surface area contributed by atoms with Gasteiger partial charge in [0.25, 0.3) is 0 Å². The van der Waals surface area contributed by atoms with Gasteiger partial charge in [-0.2, -0.15) is 0 Å². The van der Waals surface area contributed by atoms with Crippen molar-refractivity contribution in [2.24, 2.45) is 0 Å². The second-order valence-corrected chi connectivity index (χ2v) is 7.47. The number of ether oxygens (including phenoxy) is 1. The quantitative estimate of drug-likeness (QED) is 0.420. The molecule has 0 aliphatic heterocycles. The van der Waals surface area contributed by atoms with Gasteiger partial charge in [-0.1, -0.05) is 24.3 Å². The minimum Gasteiger partial charge on any atom is -0.495 e. The summed E-state index contributed by atoms with van der Waals surface area (Å²) in [7, 11) is 3.24. The monoisotopic (exact) mass is 442 g/mol. The number of carbonyl (C=O) groups excluding carboxylic acids is 2. The summed E-state index contributed by atoms with van der Waals surface area (Å²) in [5.74, 6) is -0.662. The van der Waals surface area contributed by atoms with Crippen molar-refractivity contribution in [3.05, 3.63) is 53.6 Å². The molecule has 1 atom stereocenters. The summed E-state index contributed by atoms with van der Waals surface area (Å²) >= 11 is 0. The Hall–Kier alpha value is -3.59. The van der Waals surface area contributed by atoms with E-state index in [4.69, 9.17) is 9.84 Å². The Kier molecular flexibility index (Phi) is 9.03. The van der Waals surface area contributed by atoms with Gasteiger partial charge in [-0.05, 0) is 50.2 Å². The highest BCUT2D eigenvalue weighted by atomic mass is 16.5. The van der Waals surface area contributed by atoms with Crippen molar-refractivity contribution in [3.63, 3.8) is 0 Å². The van der Waals surface area contributed by atoms with Gasteiger partial charge in [-0.3, -0.25) is 14.5 Å². The molecular weight excluding hydrogens is 412 g/mol. The number of rotatable bonds is 10. The molecule has 0 aromatic heterocycles. The van der Waals surface area contributed by atoms with Crippen LogP contribution in [-0.2, 0) is 16.0 Å². The average Bonchev–Trinajstić information content (AvgIpc) is 2.74. The molecule has 9 nitrogen and oxygen atoms in total. The fourth-order valence-electron chi connectivity index (χ4n) is 2.98. The van der Waals surface area contributed by atoms with Crippen molar-refractivity contribution < 1.29 is 24.2 Å². The number of carbonyl (C=O) groups is 3. The molecule has 0 radical (unpaired) electrons.